The van der Waals surface area contributed by atoms with Crippen LogP contribution in [0, 0.1) is 0 Å². The molecule has 0 spiro atoms. The van der Waals surface area contributed by atoms with Crippen LogP contribution in [0.2, 0.25) is 0 Å². The number of carbonyl (C=O) groups excluding carboxylic acids is 1. The normalized spacial score (nSPS) is 17.7. The Hall–Kier alpha value is -1.55. The van der Waals surface area contributed by atoms with Gasteiger partial charge in [-0.2, -0.15) is 4.31 Å². The van der Waals surface area contributed by atoms with Crippen molar-refractivity contribution >= 4 is 28.3 Å². The van der Waals surface area contributed by atoms with Crippen molar-refractivity contribution in [3.63, 3.8) is 0 Å². The summed E-state index contributed by atoms with van der Waals surface area (Å²) in [6, 6.07) is 4.68. The van der Waals surface area contributed by atoms with E-state index in [-0.39, 0.29) is 29.8 Å². The minimum atomic E-state index is -3.65. The molecular formula is C17H26ClN3O5S. The number of nitrogens with zero attached hydrogens (tertiary/aromatic N) is 2. The van der Waals surface area contributed by atoms with Crippen LogP contribution in [0.1, 0.15) is 19.3 Å². The lowest BCUT2D eigenvalue weighted by molar-refractivity contribution is -0.131. The Morgan fingerprint density at radius 2 is 1.81 bits per heavy atom. The van der Waals surface area contributed by atoms with Crippen LogP contribution in [-0.4, -0.2) is 69.5 Å². The largest absolute Gasteiger partial charge is 0.486 e. The number of amides is 1. The predicted molar refractivity (Wildman–Crippen MR) is 103 cm³/mol. The van der Waals surface area contributed by atoms with Crippen LogP contribution in [-0.2, 0) is 14.8 Å². The summed E-state index contributed by atoms with van der Waals surface area (Å²) in [5, 5.41) is 0. The van der Waals surface area contributed by atoms with E-state index in [9.17, 15) is 13.2 Å². The van der Waals surface area contributed by atoms with Crippen molar-refractivity contribution in [2.75, 3.05) is 45.9 Å². The van der Waals surface area contributed by atoms with Crippen molar-refractivity contribution in [1.29, 1.82) is 0 Å². The minimum absolute atomic E-state index is 0. The average Bonchev–Trinajstić information content (AvgIpc) is 2.92. The van der Waals surface area contributed by atoms with Crippen LogP contribution in [0.4, 0.5) is 0 Å². The summed E-state index contributed by atoms with van der Waals surface area (Å²) in [6.07, 6.45) is 1.66. The van der Waals surface area contributed by atoms with Crippen molar-refractivity contribution < 1.29 is 22.7 Å². The maximum atomic E-state index is 13.0. The summed E-state index contributed by atoms with van der Waals surface area (Å²) in [6.45, 7) is 2.97. The van der Waals surface area contributed by atoms with E-state index in [2.05, 4.69) is 0 Å². The van der Waals surface area contributed by atoms with E-state index in [1.165, 1.54) is 16.4 Å². The van der Waals surface area contributed by atoms with Crippen LogP contribution in [0.25, 0.3) is 0 Å². The molecule has 1 saturated heterocycles. The standard InChI is InChI=1S/C17H25N3O5S.ClH/c18-6-1-3-17(21)19-7-2-8-20(10-9-19)26(22,23)14-4-5-15-16(13-14)25-12-11-24-15;/h4-5,13H,1-3,6-12,18H2;1H. The second-order valence-electron chi connectivity index (χ2n) is 6.34. The third kappa shape index (κ3) is 5.04. The molecule has 0 atom stereocenters. The first-order valence-corrected chi connectivity index (χ1v) is 10.3. The van der Waals surface area contributed by atoms with E-state index in [0.29, 0.717) is 70.2 Å². The summed E-state index contributed by atoms with van der Waals surface area (Å²) < 4.78 is 38.3. The van der Waals surface area contributed by atoms with Crippen molar-refractivity contribution in [3.05, 3.63) is 18.2 Å². The number of fused-ring (bicyclic) bond motifs is 1. The van der Waals surface area contributed by atoms with Crippen LogP contribution >= 0.6 is 12.4 Å². The summed E-state index contributed by atoms with van der Waals surface area (Å²) in [7, 11) is -3.65. The monoisotopic (exact) mass is 419 g/mol. The van der Waals surface area contributed by atoms with Crippen molar-refractivity contribution in [2.45, 2.75) is 24.2 Å². The minimum Gasteiger partial charge on any atom is -0.486 e. The second-order valence-corrected chi connectivity index (χ2v) is 8.27. The first-order valence-electron chi connectivity index (χ1n) is 8.90. The molecule has 0 saturated carbocycles. The average molecular weight is 420 g/mol. The van der Waals surface area contributed by atoms with Crippen LogP contribution in [0.3, 0.4) is 0 Å². The van der Waals surface area contributed by atoms with E-state index in [1.54, 1.807) is 11.0 Å². The molecule has 0 bridgehead atoms. The van der Waals surface area contributed by atoms with Gasteiger partial charge in [-0.15, -0.1) is 12.4 Å². The quantitative estimate of drug-likeness (QED) is 0.758. The Labute approximate surface area is 166 Å². The van der Waals surface area contributed by atoms with Gasteiger partial charge in [-0.3, -0.25) is 4.79 Å². The van der Waals surface area contributed by atoms with E-state index >= 15 is 0 Å². The zero-order valence-electron chi connectivity index (χ0n) is 15.1. The number of benzene rings is 1. The zero-order chi connectivity index (χ0) is 18.6. The van der Waals surface area contributed by atoms with Gasteiger partial charge >= 0.3 is 0 Å². The van der Waals surface area contributed by atoms with Crippen LogP contribution < -0.4 is 15.2 Å². The Balaban J connectivity index is 0.00000261. The number of nitrogens with two attached hydrogens (primary N) is 1. The molecule has 2 aliphatic rings. The highest BCUT2D eigenvalue weighted by Crippen LogP contribution is 2.33. The Morgan fingerprint density at radius 3 is 2.56 bits per heavy atom. The Bertz CT molecular complexity index is 759. The summed E-state index contributed by atoms with van der Waals surface area (Å²) >= 11 is 0. The van der Waals surface area contributed by atoms with Gasteiger partial charge < -0.3 is 20.1 Å². The van der Waals surface area contributed by atoms with E-state index in [0.717, 1.165) is 0 Å². The molecule has 3 rings (SSSR count). The lowest BCUT2D eigenvalue weighted by Gasteiger charge is -2.23. The van der Waals surface area contributed by atoms with E-state index < -0.39 is 10.0 Å². The number of ether oxygens (including phenoxy) is 2. The molecule has 1 fully saturated rings. The molecule has 0 aromatic heterocycles. The Kier molecular flexibility index (Phi) is 7.72. The van der Waals surface area contributed by atoms with E-state index in [4.69, 9.17) is 15.2 Å². The molecule has 2 N–H and O–H groups in total. The first-order chi connectivity index (χ1) is 12.5. The van der Waals surface area contributed by atoms with Gasteiger partial charge in [-0.1, -0.05) is 0 Å². The molecule has 2 heterocycles. The zero-order valence-corrected chi connectivity index (χ0v) is 16.8. The fraction of sp³-hybridized carbons (Fsp3) is 0.588. The van der Waals surface area contributed by atoms with Crippen molar-refractivity contribution in [3.8, 4) is 11.5 Å². The third-order valence-electron chi connectivity index (χ3n) is 4.55. The van der Waals surface area contributed by atoms with Gasteiger partial charge in [-0.05, 0) is 31.5 Å². The Morgan fingerprint density at radius 1 is 1.07 bits per heavy atom. The van der Waals surface area contributed by atoms with Crippen molar-refractivity contribution in [1.82, 2.24) is 9.21 Å². The molecule has 152 valence electrons. The van der Waals surface area contributed by atoms with Crippen LogP contribution in [0.5, 0.6) is 11.5 Å². The number of carbonyl (C=O) groups is 1. The van der Waals surface area contributed by atoms with Gasteiger partial charge in [-0.25, -0.2) is 8.42 Å². The summed E-state index contributed by atoms with van der Waals surface area (Å²) in [4.78, 5) is 14.1. The molecule has 0 unspecified atom stereocenters. The van der Waals surface area contributed by atoms with Gasteiger partial charge in [0.15, 0.2) is 11.5 Å². The molecule has 1 aromatic rings. The van der Waals surface area contributed by atoms with Gasteiger partial charge in [0.25, 0.3) is 0 Å². The molecule has 0 aliphatic carbocycles. The summed E-state index contributed by atoms with van der Waals surface area (Å²) in [5.41, 5.74) is 5.45. The van der Waals surface area contributed by atoms with Gasteiger partial charge in [0.1, 0.15) is 13.2 Å². The van der Waals surface area contributed by atoms with Crippen molar-refractivity contribution in [2.24, 2.45) is 5.73 Å². The summed E-state index contributed by atoms with van der Waals surface area (Å²) in [5.74, 6) is 1.04. The number of hydrogen-bond acceptors (Lipinski definition) is 6. The second kappa shape index (κ2) is 9.59. The van der Waals surface area contributed by atoms with Gasteiger partial charge in [0.2, 0.25) is 15.9 Å². The molecule has 0 radical (unpaired) electrons. The van der Waals surface area contributed by atoms with Gasteiger partial charge in [0, 0.05) is 38.7 Å². The molecular weight excluding hydrogens is 394 g/mol. The molecule has 1 aromatic carbocycles. The fourth-order valence-electron chi connectivity index (χ4n) is 3.13. The molecule has 27 heavy (non-hydrogen) atoms. The predicted octanol–water partition coefficient (Wildman–Crippen LogP) is 0.841. The maximum Gasteiger partial charge on any atom is 0.243 e. The maximum absolute atomic E-state index is 13.0. The topological polar surface area (TPSA) is 102 Å². The number of hydrogen-bond donors (Lipinski definition) is 1. The molecule has 8 nitrogen and oxygen atoms in total. The lowest BCUT2D eigenvalue weighted by Crippen LogP contribution is -2.37. The fourth-order valence-corrected chi connectivity index (χ4v) is 4.61. The highest BCUT2D eigenvalue weighted by atomic mass is 35.5. The third-order valence-corrected chi connectivity index (χ3v) is 6.45. The smallest absolute Gasteiger partial charge is 0.243 e. The van der Waals surface area contributed by atoms with Gasteiger partial charge in [0.05, 0.1) is 4.90 Å². The SMILES string of the molecule is Cl.NCCCC(=O)N1CCCN(S(=O)(=O)c2ccc3c(c2)OCCO3)CC1. The number of rotatable bonds is 5. The molecule has 10 heteroatoms. The molecule has 2 aliphatic heterocycles. The molecule has 1 amide bonds. The number of halogens is 1. The number of sulfonamides is 1. The lowest BCUT2D eigenvalue weighted by atomic mass is 10.2. The first kappa shape index (κ1) is 21.7. The highest BCUT2D eigenvalue weighted by Gasteiger charge is 2.29. The highest BCUT2D eigenvalue weighted by molar-refractivity contribution is 7.89. The van der Waals surface area contributed by atoms with Crippen LogP contribution in [0.15, 0.2) is 23.1 Å². The van der Waals surface area contributed by atoms with E-state index in [1.807, 2.05) is 0 Å².